The van der Waals surface area contributed by atoms with Gasteiger partial charge in [-0.25, -0.2) is 4.79 Å². The van der Waals surface area contributed by atoms with Gasteiger partial charge in [0.2, 0.25) is 0 Å². The van der Waals surface area contributed by atoms with Gasteiger partial charge < -0.3 is 20.1 Å². The molecule has 2 bridgehead atoms. The number of methoxy groups -OCH3 is 1. The van der Waals surface area contributed by atoms with E-state index in [-0.39, 0.29) is 18.1 Å². The summed E-state index contributed by atoms with van der Waals surface area (Å²) in [6.07, 6.45) is 2.20. The number of fused-ring (bicyclic) bond motifs is 2. The number of para-hydroxylation sites is 2. The highest BCUT2D eigenvalue weighted by Gasteiger charge is 2.51. The molecule has 2 aliphatic heterocycles. The molecule has 112 valence electrons. The minimum absolute atomic E-state index is 0.0332. The third-order valence-corrected chi connectivity index (χ3v) is 4.44. The molecule has 3 atom stereocenters. The number of carboxylic acids is 1. The number of ether oxygens (including phenoxy) is 1. The molecule has 2 saturated heterocycles. The molecule has 2 fully saturated rings. The third kappa shape index (κ3) is 2.30. The number of aliphatic carboxylic acids is 1. The number of urea groups is 1. The maximum absolute atomic E-state index is 12.5. The van der Waals surface area contributed by atoms with Gasteiger partial charge in [0.25, 0.3) is 0 Å². The van der Waals surface area contributed by atoms with Crippen LogP contribution in [0.1, 0.15) is 19.3 Å². The molecule has 2 N–H and O–H groups in total. The average Bonchev–Trinajstić information content (AvgIpc) is 3.05. The van der Waals surface area contributed by atoms with E-state index in [9.17, 15) is 14.7 Å². The standard InChI is InChI=1S/C15H18N2O4/c1-21-13-5-3-2-4-11(13)16-15(20)17-9-6-7-12(17)10(8-9)14(18)19/h2-5,9-10,12H,6-8H2,1H3,(H,16,20)(H,18,19). The zero-order valence-electron chi connectivity index (χ0n) is 11.8. The Morgan fingerprint density at radius 1 is 1.33 bits per heavy atom. The Morgan fingerprint density at radius 2 is 2.10 bits per heavy atom. The van der Waals surface area contributed by atoms with Gasteiger partial charge in [-0.1, -0.05) is 12.1 Å². The highest BCUT2D eigenvalue weighted by molar-refractivity contribution is 5.92. The number of nitrogens with zero attached hydrogens (tertiary/aromatic N) is 1. The van der Waals surface area contributed by atoms with Gasteiger partial charge in [0.1, 0.15) is 5.75 Å². The SMILES string of the molecule is COc1ccccc1NC(=O)N1C2CCC1C(C(=O)O)C2. The van der Waals surface area contributed by atoms with Crippen LogP contribution >= 0.6 is 0 Å². The van der Waals surface area contributed by atoms with Crippen LogP contribution < -0.4 is 10.1 Å². The summed E-state index contributed by atoms with van der Waals surface area (Å²) < 4.78 is 5.21. The van der Waals surface area contributed by atoms with E-state index in [1.165, 1.54) is 0 Å². The molecule has 0 saturated carbocycles. The minimum Gasteiger partial charge on any atom is -0.495 e. The Balaban J connectivity index is 1.76. The molecule has 2 heterocycles. The molecule has 3 rings (SSSR count). The van der Waals surface area contributed by atoms with Gasteiger partial charge in [0.15, 0.2) is 0 Å². The average molecular weight is 290 g/mol. The van der Waals surface area contributed by atoms with Crippen LogP contribution in [-0.4, -0.2) is 41.2 Å². The quantitative estimate of drug-likeness (QED) is 0.894. The second-order valence-electron chi connectivity index (χ2n) is 5.52. The number of carbonyl (C=O) groups excluding carboxylic acids is 1. The lowest BCUT2D eigenvalue weighted by Crippen LogP contribution is -2.40. The second-order valence-corrected chi connectivity index (χ2v) is 5.52. The van der Waals surface area contributed by atoms with Crippen LogP contribution in [0.3, 0.4) is 0 Å². The van der Waals surface area contributed by atoms with E-state index in [1.54, 1.807) is 24.1 Å². The zero-order chi connectivity index (χ0) is 15.0. The fourth-order valence-electron chi connectivity index (χ4n) is 3.50. The van der Waals surface area contributed by atoms with Crippen LogP contribution in [0.15, 0.2) is 24.3 Å². The van der Waals surface area contributed by atoms with Crippen molar-refractivity contribution in [2.75, 3.05) is 12.4 Å². The number of anilines is 1. The molecular formula is C15H18N2O4. The van der Waals surface area contributed by atoms with Gasteiger partial charge in [-0.2, -0.15) is 0 Å². The summed E-state index contributed by atoms with van der Waals surface area (Å²) in [5.74, 6) is -0.656. The number of benzene rings is 1. The van der Waals surface area contributed by atoms with Crippen LogP contribution in [0.5, 0.6) is 5.75 Å². The molecule has 1 aromatic carbocycles. The zero-order valence-corrected chi connectivity index (χ0v) is 11.8. The Hall–Kier alpha value is -2.24. The summed E-state index contributed by atoms with van der Waals surface area (Å²) in [6, 6.07) is 6.78. The highest BCUT2D eigenvalue weighted by Crippen LogP contribution is 2.42. The normalized spacial score (nSPS) is 26.7. The molecule has 0 radical (unpaired) electrons. The van der Waals surface area contributed by atoms with Crippen LogP contribution in [0.4, 0.5) is 10.5 Å². The van der Waals surface area contributed by atoms with Crippen LogP contribution in [-0.2, 0) is 4.79 Å². The summed E-state index contributed by atoms with van der Waals surface area (Å²) >= 11 is 0. The first kappa shape index (κ1) is 13.7. The van der Waals surface area contributed by atoms with Gasteiger partial charge in [-0.15, -0.1) is 0 Å². The lowest BCUT2D eigenvalue weighted by molar-refractivity contribution is -0.142. The molecule has 1 aromatic rings. The number of carbonyl (C=O) groups is 2. The fraction of sp³-hybridized carbons (Fsp3) is 0.467. The van der Waals surface area contributed by atoms with E-state index in [2.05, 4.69) is 5.32 Å². The molecule has 3 unspecified atom stereocenters. The molecule has 6 heteroatoms. The van der Waals surface area contributed by atoms with Crippen LogP contribution in [0, 0.1) is 5.92 Å². The number of rotatable bonds is 3. The largest absolute Gasteiger partial charge is 0.495 e. The van der Waals surface area contributed by atoms with Crippen molar-refractivity contribution >= 4 is 17.7 Å². The Morgan fingerprint density at radius 3 is 2.76 bits per heavy atom. The number of nitrogens with one attached hydrogen (secondary N) is 1. The maximum atomic E-state index is 12.5. The topological polar surface area (TPSA) is 78.9 Å². The number of carboxylic acid groups (broad SMARTS) is 1. The molecule has 0 spiro atoms. The van der Waals surface area contributed by atoms with Crippen molar-refractivity contribution in [3.63, 3.8) is 0 Å². The van der Waals surface area contributed by atoms with Gasteiger partial charge in [0.05, 0.1) is 18.7 Å². The maximum Gasteiger partial charge on any atom is 0.322 e. The first-order valence-electron chi connectivity index (χ1n) is 7.07. The summed E-state index contributed by atoms with van der Waals surface area (Å²) in [7, 11) is 1.55. The summed E-state index contributed by atoms with van der Waals surface area (Å²) in [6.45, 7) is 0. The van der Waals surface area contributed by atoms with Gasteiger partial charge in [-0.3, -0.25) is 4.79 Å². The predicted molar refractivity (Wildman–Crippen MR) is 76.4 cm³/mol. The van der Waals surface area contributed by atoms with Crippen molar-refractivity contribution < 1.29 is 19.4 Å². The first-order valence-corrected chi connectivity index (χ1v) is 7.07. The number of hydrogen-bond donors (Lipinski definition) is 2. The predicted octanol–water partition coefficient (Wildman–Crippen LogP) is 2.16. The summed E-state index contributed by atoms with van der Waals surface area (Å²) in [5.41, 5.74) is 0.600. The second kappa shape index (κ2) is 5.27. The monoisotopic (exact) mass is 290 g/mol. The van der Waals surface area contributed by atoms with Gasteiger partial charge in [0, 0.05) is 12.1 Å². The summed E-state index contributed by atoms with van der Waals surface area (Å²) in [5, 5.41) is 12.1. The van der Waals surface area contributed by atoms with E-state index < -0.39 is 11.9 Å². The Labute approximate surface area is 122 Å². The number of amides is 2. The molecule has 2 aliphatic rings. The number of hydrogen-bond acceptors (Lipinski definition) is 3. The molecule has 21 heavy (non-hydrogen) atoms. The molecular weight excluding hydrogens is 272 g/mol. The van der Waals surface area contributed by atoms with Crippen molar-refractivity contribution in [1.82, 2.24) is 4.90 Å². The van der Waals surface area contributed by atoms with Crippen molar-refractivity contribution in [2.45, 2.75) is 31.3 Å². The van der Waals surface area contributed by atoms with E-state index >= 15 is 0 Å². The van der Waals surface area contributed by atoms with Crippen LogP contribution in [0.25, 0.3) is 0 Å². The lowest BCUT2D eigenvalue weighted by atomic mass is 9.89. The van der Waals surface area contributed by atoms with E-state index in [0.717, 1.165) is 12.8 Å². The van der Waals surface area contributed by atoms with Gasteiger partial charge >= 0.3 is 12.0 Å². The van der Waals surface area contributed by atoms with E-state index in [1.807, 2.05) is 12.1 Å². The van der Waals surface area contributed by atoms with Crippen molar-refractivity contribution in [1.29, 1.82) is 0 Å². The summed E-state index contributed by atoms with van der Waals surface area (Å²) in [4.78, 5) is 25.4. The van der Waals surface area contributed by atoms with Crippen molar-refractivity contribution in [2.24, 2.45) is 5.92 Å². The molecule has 0 aliphatic carbocycles. The fourth-order valence-corrected chi connectivity index (χ4v) is 3.50. The molecule has 0 aromatic heterocycles. The smallest absolute Gasteiger partial charge is 0.322 e. The molecule has 6 nitrogen and oxygen atoms in total. The van der Waals surface area contributed by atoms with Crippen LogP contribution in [0.2, 0.25) is 0 Å². The lowest BCUT2D eigenvalue weighted by Gasteiger charge is -2.24. The van der Waals surface area contributed by atoms with E-state index in [0.29, 0.717) is 17.9 Å². The molecule has 2 amide bonds. The minimum atomic E-state index is -0.808. The van der Waals surface area contributed by atoms with Crippen molar-refractivity contribution in [3.05, 3.63) is 24.3 Å². The van der Waals surface area contributed by atoms with Gasteiger partial charge in [-0.05, 0) is 31.4 Å². The highest BCUT2D eigenvalue weighted by atomic mass is 16.5. The Bertz CT molecular complexity index is 575. The van der Waals surface area contributed by atoms with Crippen molar-refractivity contribution in [3.8, 4) is 5.75 Å². The van der Waals surface area contributed by atoms with E-state index in [4.69, 9.17) is 4.74 Å². The first-order chi connectivity index (χ1) is 10.1. The Kier molecular flexibility index (Phi) is 3.45. The third-order valence-electron chi connectivity index (χ3n) is 4.44.